The number of hydrogen-bond acceptors (Lipinski definition) is 3. The van der Waals surface area contributed by atoms with Gasteiger partial charge in [0, 0.05) is 11.1 Å². The van der Waals surface area contributed by atoms with Crippen molar-refractivity contribution in [3.8, 4) is 5.75 Å². The van der Waals surface area contributed by atoms with Crippen molar-refractivity contribution in [2.75, 3.05) is 7.11 Å². The first kappa shape index (κ1) is 18.9. The molecule has 0 bridgehead atoms. The monoisotopic (exact) mass is 400 g/mol. The maximum Gasteiger partial charge on any atom is 0.193 e. The van der Waals surface area contributed by atoms with Crippen LogP contribution in [0, 0.1) is 0 Å². The van der Waals surface area contributed by atoms with Crippen LogP contribution < -0.4 is 15.4 Å². The SMILES string of the molecule is COc1ccccc1[C@@H]1NC(=S)NC(c2ccccc2)=C1C(=O)c1ccccc1. The molecule has 0 amide bonds. The van der Waals surface area contributed by atoms with Gasteiger partial charge in [0.1, 0.15) is 5.75 Å². The molecule has 0 aliphatic carbocycles. The third-order valence-corrected chi connectivity index (χ3v) is 5.08. The zero-order valence-electron chi connectivity index (χ0n) is 15.9. The van der Waals surface area contributed by atoms with Gasteiger partial charge in [0.15, 0.2) is 10.9 Å². The number of nitrogens with one attached hydrogen (secondary N) is 2. The van der Waals surface area contributed by atoms with E-state index < -0.39 is 6.04 Å². The van der Waals surface area contributed by atoms with Crippen LogP contribution in [0.15, 0.2) is 90.5 Å². The van der Waals surface area contributed by atoms with E-state index in [1.807, 2.05) is 84.9 Å². The first-order valence-electron chi connectivity index (χ1n) is 9.29. The van der Waals surface area contributed by atoms with Crippen molar-refractivity contribution in [3.63, 3.8) is 0 Å². The Kier molecular flexibility index (Phi) is 5.40. The highest BCUT2D eigenvalue weighted by molar-refractivity contribution is 7.80. The lowest BCUT2D eigenvalue weighted by atomic mass is 9.87. The minimum atomic E-state index is -0.442. The molecule has 4 nitrogen and oxygen atoms in total. The van der Waals surface area contributed by atoms with Crippen LogP contribution in [0.25, 0.3) is 5.70 Å². The molecule has 3 aromatic carbocycles. The van der Waals surface area contributed by atoms with E-state index in [0.29, 0.717) is 27.7 Å². The number of ether oxygens (including phenoxy) is 1. The molecule has 144 valence electrons. The molecular weight excluding hydrogens is 380 g/mol. The standard InChI is InChI=1S/C24H20N2O2S/c1-28-19-15-9-8-14-18(19)22-20(23(27)17-12-6-3-7-13-17)21(25-24(29)26-22)16-10-4-2-5-11-16/h2-15,22H,1H3,(H2,25,26,29)/t22-/m0/s1. The highest BCUT2D eigenvalue weighted by Gasteiger charge is 2.33. The zero-order chi connectivity index (χ0) is 20.2. The molecule has 1 aliphatic heterocycles. The van der Waals surface area contributed by atoms with Gasteiger partial charge in [-0.2, -0.15) is 0 Å². The van der Waals surface area contributed by atoms with Crippen molar-refractivity contribution in [2.24, 2.45) is 0 Å². The number of methoxy groups -OCH3 is 1. The van der Waals surface area contributed by atoms with E-state index in [1.54, 1.807) is 7.11 Å². The third kappa shape index (κ3) is 3.77. The smallest absolute Gasteiger partial charge is 0.193 e. The molecule has 0 saturated carbocycles. The quantitative estimate of drug-likeness (QED) is 0.488. The Hall–Kier alpha value is -3.44. The molecule has 0 spiro atoms. The van der Waals surface area contributed by atoms with Gasteiger partial charge in [-0.15, -0.1) is 0 Å². The summed E-state index contributed by atoms with van der Waals surface area (Å²) in [6.07, 6.45) is 0. The molecule has 1 heterocycles. The number of para-hydroxylation sites is 1. The molecular formula is C24H20N2O2S. The zero-order valence-corrected chi connectivity index (χ0v) is 16.7. The van der Waals surface area contributed by atoms with Crippen molar-refractivity contribution >= 4 is 28.8 Å². The maximum atomic E-state index is 13.7. The van der Waals surface area contributed by atoms with E-state index in [2.05, 4.69) is 10.6 Å². The van der Waals surface area contributed by atoms with Gasteiger partial charge < -0.3 is 15.4 Å². The lowest BCUT2D eigenvalue weighted by molar-refractivity contribution is 0.102. The van der Waals surface area contributed by atoms with E-state index in [-0.39, 0.29) is 5.78 Å². The highest BCUT2D eigenvalue weighted by Crippen LogP contribution is 2.37. The Balaban J connectivity index is 1.96. The van der Waals surface area contributed by atoms with E-state index in [9.17, 15) is 4.79 Å². The van der Waals surface area contributed by atoms with Crippen LogP contribution in [0.2, 0.25) is 0 Å². The van der Waals surface area contributed by atoms with Gasteiger partial charge in [-0.3, -0.25) is 4.79 Å². The predicted octanol–water partition coefficient (Wildman–Crippen LogP) is 4.51. The van der Waals surface area contributed by atoms with Gasteiger partial charge in [0.25, 0.3) is 0 Å². The predicted molar refractivity (Wildman–Crippen MR) is 119 cm³/mol. The van der Waals surface area contributed by atoms with Crippen molar-refractivity contribution in [2.45, 2.75) is 6.04 Å². The number of hydrogen-bond donors (Lipinski definition) is 2. The van der Waals surface area contributed by atoms with Crippen LogP contribution in [-0.2, 0) is 0 Å². The van der Waals surface area contributed by atoms with Gasteiger partial charge in [0.05, 0.1) is 24.4 Å². The number of carbonyl (C=O) groups excluding carboxylic acids is 1. The molecule has 0 fully saturated rings. The van der Waals surface area contributed by atoms with E-state index in [1.165, 1.54) is 0 Å². The Morgan fingerprint density at radius 1 is 0.897 bits per heavy atom. The van der Waals surface area contributed by atoms with Crippen molar-refractivity contribution in [1.29, 1.82) is 0 Å². The van der Waals surface area contributed by atoms with Crippen LogP contribution in [0.4, 0.5) is 0 Å². The van der Waals surface area contributed by atoms with Crippen LogP contribution >= 0.6 is 12.2 Å². The minimum absolute atomic E-state index is 0.0668. The molecule has 1 aliphatic rings. The van der Waals surface area contributed by atoms with E-state index in [4.69, 9.17) is 17.0 Å². The number of thiocarbonyl (C=S) groups is 1. The van der Waals surface area contributed by atoms with Crippen molar-refractivity contribution < 1.29 is 9.53 Å². The Morgan fingerprint density at radius 2 is 1.52 bits per heavy atom. The molecule has 2 N–H and O–H groups in total. The summed E-state index contributed by atoms with van der Waals surface area (Å²) in [5.74, 6) is 0.628. The largest absolute Gasteiger partial charge is 0.496 e. The number of ketones is 1. The summed E-state index contributed by atoms with van der Waals surface area (Å²) in [5.41, 5.74) is 3.67. The molecule has 0 aromatic heterocycles. The van der Waals surface area contributed by atoms with Crippen LogP contribution in [0.3, 0.4) is 0 Å². The molecule has 4 rings (SSSR count). The molecule has 29 heavy (non-hydrogen) atoms. The Bertz CT molecular complexity index is 1080. The molecule has 3 aromatic rings. The van der Waals surface area contributed by atoms with Crippen LogP contribution in [0.1, 0.15) is 27.5 Å². The summed E-state index contributed by atoms with van der Waals surface area (Å²) in [5, 5.41) is 6.94. The van der Waals surface area contributed by atoms with Gasteiger partial charge in [-0.05, 0) is 23.8 Å². The van der Waals surface area contributed by atoms with Gasteiger partial charge >= 0.3 is 0 Å². The summed E-state index contributed by atoms with van der Waals surface area (Å²) in [4.78, 5) is 13.7. The second-order valence-corrected chi connectivity index (χ2v) is 7.03. The van der Waals surface area contributed by atoms with E-state index >= 15 is 0 Å². The summed E-state index contributed by atoms with van der Waals surface area (Å²) < 4.78 is 5.57. The highest BCUT2D eigenvalue weighted by atomic mass is 32.1. The number of Topliss-reactive ketones (excluding diaryl/α,β-unsaturated/α-hetero) is 1. The Labute approximate surface area is 175 Å². The van der Waals surface area contributed by atoms with Crippen LogP contribution in [-0.4, -0.2) is 18.0 Å². The number of benzene rings is 3. The fourth-order valence-electron chi connectivity index (χ4n) is 3.52. The summed E-state index contributed by atoms with van der Waals surface area (Å²) in [7, 11) is 1.62. The van der Waals surface area contributed by atoms with Crippen LogP contribution in [0.5, 0.6) is 5.75 Å². The first-order chi connectivity index (χ1) is 14.2. The average Bonchev–Trinajstić information content (AvgIpc) is 2.79. The lowest BCUT2D eigenvalue weighted by Crippen LogP contribution is -2.45. The lowest BCUT2D eigenvalue weighted by Gasteiger charge is -2.32. The average molecular weight is 401 g/mol. The topological polar surface area (TPSA) is 50.4 Å². The number of rotatable bonds is 5. The third-order valence-electron chi connectivity index (χ3n) is 4.86. The maximum absolute atomic E-state index is 13.7. The fourth-order valence-corrected chi connectivity index (χ4v) is 3.74. The summed E-state index contributed by atoms with van der Waals surface area (Å²) in [6.45, 7) is 0. The fraction of sp³-hybridized carbons (Fsp3) is 0.0833. The molecule has 0 saturated heterocycles. The molecule has 1 atom stereocenters. The normalized spacial score (nSPS) is 16.0. The first-order valence-corrected chi connectivity index (χ1v) is 9.69. The molecule has 0 radical (unpaired) electrons. The van der Waals surface area contributed by atoms with Gasteiger partial charge in [-0.1, -0.05) is 78.9 Å². The summed E-state index contributed by atoms with van der Waals surface area (Å²) >= 11 is 5.49. The number of carbonyl (C=O) groups is 1. The minimum Gasteiger partial charge on any atom is -0.496 e. The van der Waals surface area contributed by atoms with Crippen molar-refractivity contribution in [1.82, 2.24) is 10.6 Å². The van der Waals surface area contributed by atoms with Crippen molar-refractivity contribution in [3.05, 3.63) is 107 Å². The van der Waals surface area contributed by atoms with Gasteiger partial charge in [0.2, 0.25) is 0 Å². The second-order valence-electron chi connectivity index (χ2n) is 6.62. The molecule has 5 heteroatoms. The Morgan fingerprint density at radius 3 is 2.21 bits per heavy atom. The van der Waals surface area contributed by atoms with Gasteiger partial charge in [-0.25, -0.2) is 0 Å². The van der Waals surface area contributed by atoms with E-state index in [0.717, 1.165) is 11.1 Å². The second kappa shape index (κ2) is 8.29. The molecule has 0 unspecified atom stereocenters. The summed E-state index contributed by atoms with van der Waals surface area (Å²) in [6, 6.07) is 26.3.